The summed E-state index contributed by atoms with van der Waals surface area (Å²) in [5.74, 6) is 0. The molecule has 3 aromatic heterocycles. The van der Waals surface area contributed by atoms with E-state index in [-0.39, 0.29) is 6.04 Å². The zero-order chi connectivity index (χ0) is 18.5. The van der Waals surface area contributed by atoms with Gasteiger partial charge < -0.3 is 5.32 Å². The number of nitrogens with zero attached hydrogens (tertiary/aromatic N) is 3. The minimum absolute atomic E-state index is 0.282. The van der Waals surface area contributed by atoms with Gasteiger partial charge in [-0.15, -0.1) is 0 Å². The highest BCUT2D eigenvalue weighted by atomic mass is 15.0. The third-order valence-electron chi connectivity index (χ3n) is 5.40. The first-order valence-electron chi connectivity index (χ1n) is 9.82. The Balaban J connectivity index is 1.52. The molecule has 138 valence electrons. The molecular weight excluding hydrogens is 332 g/mol. The zero-order valence-electron chi connectivity index (χ0n) is 15.8. The van der Waals surface area contributed by atoms with Crippen molar-refractivity contribution >= 4 is 0 Å². The van der Waals surface area contributed by atoms with Gasteiger partial charge in [0.05, 0.1) is 23.5 Å². The Bertz CT molecular complexity index is 878. The largest absolute Gasteiger partial charge is 0.300 e. The average molecular weight is 358 g/mol. The van der Waals surface area contributed by atoms with Crippen molar-refractivity contribution in [2.45, 2.75) is 51.1 Å². The van der Waals surface area contributed by atoms with Crippen molar-refractivity contribution in [2.75, 3.05) is 0 Å². The quantitative estimate of drug-likeness (QED) is 0.728. The van der Waals surface area contributed by atoms with Gasteiger partial charge in [-0.25, -0.2) is 0 Å². The number of hydrogen-bond donors (Lipinski definition) is 1. The third kappa shape index (κ3) is 4.22. The summed E-state index contributed by atoms with van der Waals surface area (Å²) in [4.78, 5) is 13.9. The number of rotatable bonds is 5. The highest BCUT2D eigenvalue weighted by molar-refractivity contribution is 5.27. The van der Waals surface area contributed by atoms with Crippen LogP contribution in [0.5, 0.6) is 0 Å². The number of pyridine rings is 3. The van der Waals surface area contributed by atoms with E-state index in [1.54, 1.807) is 0 Å². The van der Waals surface area contributed by atoms with Gasteiger partial charge in [0.2, 0.25) is 0 Å². The van der Waals surface area contributed by atoms with Crippen LogP contribution < -0.4 is 5.32 Å². The molecule has 2 atom stereocenters. The molecule has 0 amide bonds. The van der Waals surface area contributed by atoms with Gasteiger partial charge >= 0.3 is 0 Å². The lowest BCUT2D eigenvalue weighted by molar-refractivity contribution is 0.319. The van der Waals surface area contributed by atoms with Crippen molar-refractivity contribution < 1.29 is 0 Å². The fourth-order valence-electron chi connectivity index (χ4n) is 4.01. The minimum atomic E-state index is 0.282. The summed E-state index contributed by atoms with van der Waals surface area (Å²) >= 11 is 0. The fourth-order valence-corrected chi connectivity index (χ4v) is 4.01. The molecule has 0 radical (unpaired) electrons. The van der Waals surface area contributed by atoms with Crippen LogP contribution in [-0.2, 0) is 12.8 Å². The van der Waals surface area contributed by atoms with Gasteiger partial charge in [-0.1, -0.05) is 18.2 Å². The summed E-state index contributed by atoms with van der Waals surface area (Å²) in [5.41, 5.74) is 6.07. The van der Waals surface area contributed by atoms with Gasteiger partial charge in [0, 0.05) is 24.3 Å². The predicted molar refractivity (Wildman–Crippen MR) is 107 cm³/mol. The number of nitrogens with one attached hydrogen (secondary N) is 1. The molecule has 1 fully saturated rings. The first-order chi connectivity index (χ1) is 13.3. The first kappa shape index (κ1) is 17.8. The third-order valence-corrected chi connectivity index (χ3v) is 5.40. The normalized spacial score (nSPS) is 19.7. The van der Waals surface area contributed by atoms with Crippen LogP contribution in [0.3, 0.4) is 0 Å². The molecular formula is C23H26N4. The van der Waals surface area contributed by atoms with Gasteiger partial charge in [0.25, 0.3) is 0 Å². The second-order valence-electron chi connectivity index (χ2n) is 7.28. The second-order valence-corrected chi connectivity index (χ2v) is 7.28. The van der Waals surface area contributed by atoms with Crippen molar-refractivity contribution in [3.63, 3.8) is 0 Å². The molecule has 3 aromatic rings. The second kappa shape index (κ2) is 8.40. The molecule has 4 nitrogen and oxygen atoms in total. The van der Waals surface area contributed by atoms with Crippen LogP contribution in [0.15, 0.2) is 61.1 Å². The molecule has 0 aliphatic carbocycles. The van der Waals surface area contributed by atoms with Crippen molar-refractivity contribution in [2.24, 2.45) is 0 Å². The van der Waals surface area contributed by atoms with Crippen molar-refractivity contribution in [1.29, 1.82) is 0 Å². The topological polar surface area (TPSA) is 50.7 Å². The predicted octanol–water partition coefficient (Wildman–Crippen LogP) is 4.52. The SMILES string of the molecule is Cc1cccnc1[C@@H]1CCC[C@H](c2ncccc2CCc2ccccn2)N1. The molecule has 4 rings (SSSR count). The van der Waals surface area contributed by atoms with Crippen LogP contribution in [0, 0.1) is 6.92 Å². The Morgan fingerprint density at radius 3 is 2.33 bits per heavy atom. The smallest absolute Gasteiger partial charge is 0.0605 e. The van der Waals surface area contributed by atoms with Crippen LogP contribution in [-0.4, -0.2) is 15.0 Å². The Labute approximate surface area is 161 Å². The summed E-state index contributed by atoms with van der Waals surface area (Å²) in [7, 11) is 0. The van der Waals surface area contributed by atoms with E-state index in [1.807, 2.05) is 36.8 Å². The Morgan fingerprint density at radius 1 is 0.815 bits per heavy atom. The maximum atomic E-state index is 4.76. The molecule has 1 saturated heterocycles. The van der Waals surface area contributed by atoms with Crippen molar-refractivity contribution in [1.82, 2.24) is 20.3 Å². The summed E-state index contributed by atoms with van der Waals surface area (Å²) in [6, 6.07) is 15.1. The summed E-state index contributed by atoms with van der Waals surface area (Å²) in [6.07, 6.45) is 11.0. The molecule has 0 saturated carbocycles. The van der Waals surface area contributed by atoms with E-state index in [4.69, 9.17) is 4.98 Å². The van der Waals surface area contributed by atoms with Crippen molar-refractivity contribution in [3.8, 4) is 0 Å². The molecule has 0 spiro atoms. The van der Waals surface area contributed by atoms with Gasteiger partial charge in [-0.05, 0) is 74.4 Å². The Kier molecular flexibility index (Phi) is 5.54. The van der Waals surface area contributed by atoms with E-state index in [9.17, 15) is 0 Å². The monoisotopic (exact) mass is 358 g/mol. The van der Waals surface area contributed by atoms with E-state index in [1.165, 1.54) is 28.9 Å². The summed E-state index contributed by atoms with van der Waals surface area (Å²) in [6.45, 7) is 2.15. The molecule has 0 aromatic carbocycles. The number of piperidine rings is 1. The summed E-state index contributed by atoms with van der Waals surface area (Å²) < 4.78 is 0. The average Bonchev–Trinajstić information content (AvgIpc) is 2.74. The van der Waals surface area contributed by atoms with E-state index < -0.39 is 0 Å². The fraction of sp³-hybridized carbons (Fsp3) is 0.348. The van der Waals surface area contributed by atoms with Crippen LogP contribution in [0.25, 0.3) is 0 Å². The van der Waals surface area contributed by atoms with Crippen LogP contribution in [0.2, 0.25) is 0 Å². The Morgan fingerprint density at radius 2 is 1.56 bits per heavy atom. The van der Waals surface area contributed by atoms with Gasteiger partial charge in [-0.2, -0.15) is 0 Å². The maximum absolute atomic E-state index is 4.76. The minimum Gasteiger partial charge on any atom is -0.300 e. The number of hydrogen-bond acceptors (Lipinski definition) is 4. The lowest BCUT2D eigenvalue weighted by Gasteiger charge is -2.32. The molecule has 1 aliphatic heterocycles. The summed E-state index contributed by atoms with van der Waals surface area (Å²) in [5, 5.41) is 3.82. The van der Waals surface area contributed by atoms with Crippen LogP contribution >= 0.6 is 0 Å². The van der Waals surface area contributed by atoms with Crippen molar-refractivity contribution in [3.05, 3.63) is 89.3 Å². The van der Waals surface area contributed by atoms with E-state index in [2.05, 4.69) is 46.5 Å². The lowest BCUT2D eigenvalue weighted by Crippen LogP contribution is -2.33. The zero-order valence-corrected chi connectivity index (χ0v) is 15.8. The van der Waals surface area contributed by atoms with Crippen LogP contribution in [0.4, 0.5) is 0 Å². The molecule has 1 aliphatic rings. The molecule has 4 heterocycles. The van der Waals surface area contributed by atoms with E-state index >= 15 is 0 Å². The van der Waals surface area contributed by atoms with Gasteiger partial charge in [0.15, 0.2) is 0 Å². The molecule has 27 heavy (non-hydrogen) atoms. The maximum Gasteiger partial charge on any atom is 0.0605 e. The molecule has 0 bridgehead atoms. The standard InChI is InChI=1S/C23H26N4/c1-17-7-5-15-25-22(17)20-10-4-11-21(27-20)23-18(8-6-16-26-23)12-13-19-9-2-3-14-24-19/h2-3,5-9,14-16,20-21,27H,4,10-13H2,1H3/t20-,21+/m0/s1. The van der Waals surface area contributed by atoms with E-state index in [0.717, 1.165) is 31.4 Å². The van der Waals surface area contributed by atoms with Gasteiger partial charge in [0.1, 0.15) is 0 Å². The van der Waals surface area contributed by atoms with E-state index in [0.29, 0.717) is 6.04 Å². The molecule has 1 N–H and O–H groups in total. The highest BCUT2D eigenvalue weighted by Gasteiger charge is 2.27. The Hall–Kier alpha value is -2.59. The first-order valence-corrected chi connectivity index (χ1v) is 9.82. The number of aromatic nitrogens is 3. The van der Waals surface area contributed by atoms with Crippen LogP contribution in [0.1, 0.15) is 59.6 Å². The molecule has 4 heteroatoms. The molecule has 0 unspecified atom stereocenters. The van der Waals surface area contributed by atoms with Gasteiger partial charge in [-0.3, -0.25) is 15.0 Å². The highest BCUT2D eigenvalue weighted by Crippen LogP contribution is 2.33. The number of aryl methyl sites for hydroxylation is 3. The lowest BCUT2D eigenvalue weighted by atomic mass is 9.90.